The standard InChI is InChI=1S/C21H20N2O3S2/c1-25-18-10-8-15(12-19(18)26-2)9-11-20(24)23-21-22-16(14-28-21)13-27-17-6-4-3-5-7-17/h3-12,14H,13H2,1-2H3,(H,22,23,24)/b11-9+. The lowest BCUT2D eigenvalue weighted by molar-refractivity contribution is -0.111. The molecule has 0 radical (unpaired) electrons. The Kier molecular flexibility index (Phi) is 7.11. The van der Waals surface area contributed by atoms with Crippen LogP contribution in [0.1, 0.15) is 11.3 Å². The van der Waals surface area contributed by atoms with Crippen molar-refractivity contribution in [3.63, 3.8) is 0 Å². The van der Waals surface area contributed by atoms with Crippen molar-refractivity contribution in [1.82, 2.24) is 4.98 Å². The van der Waals surface area contributed by atoms with Crippen molar-refractivity contribution in [3.05, 3.63) is 71.2 Å². The Labute approximate surface area is 172 Å². The highest BCUT2D eigenvalue weighted by Crippen LogP contribution is 2.28. The first-order chi connectivity index (χ1) is 13.7. The largest absolute Gasteiger partial charge is 0.493 e. The van der Waals surface area contributed by atoms with E-state index >= 15 is 0 Å². The predicted octanol–water partition coefficient (Wildman–Crippen LogP) is 5.10. The van der Waals surface area contributed by atoms with Crippen molar-refractivity contribution in [2.75, 3.05) is 19.5 Å². The topological polar surface area (TPSA) is 60.5 Å². The third-order valence-electron chi connectivity index (χ3n) is 3.75. The number of methoxy groups -OCH3 is 2. The maximum Gasteiger partial charge on any atom is 0.250 e. The van der Waals surface area contributed by atoms with Crippen LogP contribution in [0.25, 0.3) is 6.08 Å². The molecule has 1 aromatic heterocycles. The highest BCUT2D eigenvalue weighted by molar-refractivity contribution is 7.98. The third-order valence-corrected chi connectivity index (χ3v) is 5.60. The van der Waals surface area contributed by atoms with Gasteiger partial charge in [-0.25, -0.2) is 4.98 Å². The number of hydrogen-bond donors (Lipinski definition) is 1. The molecular formula is C21H20N2O3S2. The van der Waals surface area contributed by atoms with E-state index in [1.54, 1.807) is 38.1 Å². The summed E-state index contributed by atoms with van der Waals surface area (Å²) in [5, 5.41) is 5.35. The number of nitrogens with zero attached hydrogens (tertiary/aromatic N) is 1. The van der Waals surface area contributed by atoms with Crippen LogP contribution in [0.15, 0.2) is 64.9 Å². The van der Waals surface area contributed by atoms with Crippen LogP contribution in [0.4, 0.5) is 5.13 Å². The molecule has 3 aromatic rings. The number of anilines is 1. The number of thiazole rings is 1. The van der Waals surface area contributed by atoms with Crippen molar-refractivity contribution >= 4 is 40.2 Å². The molecule has 5 nitrogen and oxygen atoms in total. The molecule has 1 amide bonds. The van der Waals surface area contributed by atoms with E-state index < -0.39 is 0 Å². The molecule has 0 fully saturated rings. The van der Waals surface area contributed by atoms with Crippen LogP contribution >= 0.6 is 23.1 Å². The van der Waals surface area contributed by atoms with Crippen LogP contribution in [-0.2, 0) is 10.5 Å². The fourth-order valence-electron chi connectivity index (χ4n) is 2.38. The SMILES string of the molecule is COc1ccc(/C=C/C(=O)Nc2nc(CSc3ccccc3)cs2)cc1OC. The maximum atomic E-state index is 12.2. The minimum absolute atomic E-state index is 0.230. The summed E-state index contributed by atoms with van der Waals surface area (Å²) >= 11 is 3.13. The Morgan fingerprint density at radius 1 is 1.14 bits per heavy atom. The molecule has 0 spiro atoms. The third kappa shape index (κ3) is 5.61. The summed E-state index contributed by atoms with van der Waals surface area (Å²) in [5.41, 5.74) is 1.78. The van der Waals surface area contributed by atoms with Gasteiger partial charge in [0.05, 0.1) is 19.9 Å². The van der Waals surface area contributed by atoms with Crippen molar-refractivity contribution in [3.8, 4) is 11.5 Å². The molecule has 3 rings (SSSR count). The summed E-state index contributed by atoms with van der Waals surface area (Å²) in [7, 11) is 3.16. The summed E-state index contributed by atoms with van der Waals surface area (Å²) in [6, 6.07) is 15.6. The number of hydrogen-bond acceptors (Lipinski definition) is 6. The van der Waals surface area contributed by atoms with Gasteiger partial charge in [0.25, 0.3) is 0 Å². The number of aromatic nitrogens is 1. The molecule has 0 aliphatic carbocycles. The second-order valence-electron chi connectivity index (χ2n) is 5.68. The van der Waals surface area contributed by atoms with Crippen LogP contribution in [0.2, 0.25) is 0 Å². The van der Waals surface area contributed by atoms with E-state index in [1.165, 1.54) is 22.3 Å². The Morgan fingerprint density at radius 2 is 1.93 bits per heavy atom. The number of amides is 1. The van der Waals surface area contributed by atoms with E-state index in [4.69, 9.17) is 9.47 Å². The fraction of sp³-hybridized carbons (Fsp3) is 0.143. The molecule has 0 aliphatic rings. The van der Waals surface area contributed by atoms with E-state index in [9.17, 15) is 4.79 Å². The van der Waals surface area contributed by atoms with Crippen LogP contribution in [0.5, 0.6) is 11.5 Å². The van der Waals surface area contributed by atoms with Gasteiger partial charge in [0, 0.05) is 22.1 Å². The Bertz CT molecular complexity index is 955. The molecule has 0 saturated carbocycles. The lowest BCUT2D eigenvalue weighted by atomic mass is 10.2. The number of carbonyl (C=O) groups excluding carboxylic acids is 1. The molecule has 0 saturated heterocycles. The van der Waals surface area contributed by atoms with E-state index in [0.717, 1.165) is 17.0 Å². The first kappa shape index (κ1) is 20.0. The Hall–Kier alpha value is -2.77. The van der Waals surface area contributed by atoms with Gasteiger partial charge in [-0.15, -0.1) is 23.1 Å². The summed E-state index contributed by atoms with van der Waals surface area (Å²) in [6.07, 6.45) is 3.19. The predicted molar refractivity (Wildman–Crippen MR) is 115 cm³/mol. The minimum Gasteiger partial charge on any atom is -0.493 e. The van der Waals surface area contributed by atoms with Crippen LogP contribution in [0.3, 0.4) is 0 Å². The maximum absolute atomic E-state index is 12.2. The van der Waals surface area contributed by atoms with Gasteiger partial charge >= 0.3 is 0 Å². The van der Waals surface area contributed by atoms with Crippen LogP contribution < -0.4 is 14.8 Å². The number of nitrogens with one attached hydrogen (secondary N) is 1. The molecule has 1 N–H and O–H groups in total. The van der Waals surface area contributed by atoms with Crippen molar-refractivity contribution < 1.29 is 14.3 Å². The first-order valence-electron chi connectivity index (χ1n) is 8.51. The van der Waals surface area contributed by atoms with E-state index in [-0.39, 0.29) is 5.91 Å². The zero-order valence-corrected chi connectivity index (χ0v) is 17.2. The molecule has 2 aromatic carbocycles. The average Bonchev–Trinajstić information content (AvgIpc) is 3.18. The lowest BCUT2D eigenvalue weighted by Gasteiger charge is -2.07. The molecule has 144 valence electrons. The van der Waals surface area contributed by atoms with Gasteiger partial charge in [0.15, 0.2) is 16.6 Å². The van der Waals surface area contributed by atoms with Crippen molar-refractivity contribution in [2.45, 2.75) is 10.6 Å². The number of ether oxygens (including phenoxy) is 2. The minimum atomic E-state index is -0.230. The Morgan fingerprint density at radius 3 is 2.68 bits per heavy atom. The summed E-state index contributed by atoms with van der Waals surface area (Å²) in [5.74, 6) is 1.79. The van der Waals surface area contributed by atoms with Gasteiger partial charge in [-0.2, -0.15) is 0 Å². The molecule has 28 heavy (non-hydrogen) atoms. The fourth-order valence-corrected chi connectivity index (χ4v) is 4.01. The second-order valence-corrected chi connectivity index (χ2v) is 7.59. The number of thioether (sulfide) groups is 1. The number of rotatable bonds is 8. The molecule has 7 heteroatoms. The highest BCUT2D eigenvalue weighted by Gasteiger charge is 2.06. The smallest absolute Gasteiger partial charge is 0.250 e. The van der Waals surface area contributed by atoms with E-state index in [1.807, 2.05) is 35.7 Å². The van der Waals surface area contributed by atoms with E-state index in [0.29, 0.717) is 16.6 Å². The van der Waals surface area contributed by atoms with Gasteiger partial charge in [-0.3, -0.25) is 10.1 Å². The van der Waals surface area contributed by atoms with Crippen molar-refractivity contribution in [1.29, 1.82) is 0 Å². The quantitative estimate of drug-likeness (QED) is 0.412. The highest BCUT2D eigenvalue weighted by atomic mass is 32.2. The lowest BCUT2D eigenvalue weighted by Crippen LogP contribution is -2.07. The number of benzene rings is 2. The summed E-state index contributed by atoms with van der Waals surface area (Å²) in [6.45, 7) is 0. The molecule has 0 unspecified atom stereocenters. The summed E-state index contributed by atoms with van der Waals surface area (Å²) in [4.78, 5) is 17.8. The van der Waals surface area contributed by atoms with Crippen molar-refractivity contribution in [2.24, 2.45) is 0 Å². The van der Waals surface area contributed by atoms with E-state index in [2.05, 4.69) is 22.4 Å². The second kappa shape index (κ2) is 9.96. The van der Waals surface area contributed by atoms with Gasteiger partial charge in [0.2, 0.25) is 5.91 Å². The van der Waals surface area contributed by atoms with Crippen LogP contribution in [-0.4, -0.2) is 25.1 Å². The normalized spacial score (nSPS) is 10.8. The average molecular weight is 413 g/mol. The van der Waals surface area contributed by atoms with Crippen LogP contribution in [0, 0.1) is 0 Å². The molecule has 0 bridgehead atoms. The summed E-state index contributed by atoms with van der Waals surface area (Å²) < 4.78 is 10.5. The molecule has 0 atom stereocenters. The van der Waals surface area contributed by atoms with Gasteiger partial charge in [-0.1, -0.05) is 24.3 Å². The first-order valence-corrected chi connectivity index (χ1v) is 10.4. The molecule has 0 aliphatic heterocycles. The zero-order chi connectivity index (χ0) is 19.8. The Balaban J connectivity index is 1.55. The molecule has 1 heterocycles. The van der Waals surface area contributed by atoms with Gasteiger partial charge in [-0.05, 0) is 35.9 Å². The monoisotopic (exact) mass is 412 g/mol. The van der Waals surface area contributed by atoms with Gasteiger partial charge in [0.1, 0.15) is 0 Å². The van der Waals surface area contributed by atoms with Gasteiger partial charge < -0.3 is 9.47 Å². The molecular weight excluding hydrogens is 392 g/mol. The zero-order valence-electron chi connectivity index (χ0n) is 15.5. The number of carbonyl (C=O) groups is 1.